The average Bonchev–Trinajstić information content (AvgIpc) is 2.19. The molecule has 4 heteroatoms. The number of rotatable bonds is 1. The molecule has 1 aromatic carbocycles. The van der Waals surface area contributed by atoms with Crippen LogP contribution in [0.15, 0.2) is 24.3 Å². The number of fused-ring (bicyclic) bond motifs is 1. The highest BCUT2D eigenvalue weighted by Gasteiger charge is 2.11. The second kappa shape index (κ2) is 3.55. The summed E-state index contributed by atoms with van der Waals surface area (Å²) in [7, 11) is 0. The molecule has 0 saturated heterocycles. The fourth-order valence-electron chi connectivity index (χ4n) is 1.44. The molecule has 0 aliphatic rings. The third kappa shape index (κ3) is 1.68. The maximum Gasteiger partial charge on any atom is 0.220 e. The van der Waals surface area contributed by atoms with E-state index < -0.39 is 5.12 Å². The number of hydrogen-bond acceptors (Lipinski definition) is 3. The first-order valence-electron chi connectivity index (χ1n) is 4.42. The van der Waals surface area contributed by atoms with Crippen molar-refractivity contribution < 1.29 is 9.90 Å². The number of thiol groups is 1. The minimum Gasteiger partial charge on any atom is -0.505 e. The topological polar surface area (TPSA) is 50.2 Å². The molecule has 1 heterocycles. The van der Waals surface area contributed by atoms with Gasteiger partial charge in [0.25, 0.3) is 0 Å². The molecule has 2 rings (SSSR count). The zero-order chi connectivity index (χ0) is 11.0. The summed E-state index contributed by atoms with van der Waals surface area (Å²) < 4.78 is 0. The highest BCUT2D eigenvalue weighted by atomic mass is 32.1. The quantitative estimate of drug-likeness (QED) is 0.724. The fourth-order valence-corrected chi connectivity index (χ4v) is 1.62. The van der Waals surface area contributed by atoms with Crippen molar-refractivity contribution in [2.24, 2.45) is 0 Å². The van der Waals surface area contributed by atoms with Crippen LogP contribution in [0.4, 0.5) is 0 Å². The van der Waals surface area contributed by atoms with Gasteiger partial charge in [0, 0.05) is 11.1 Å². The number of aromatic nitrogens is 1. The first-order chi connectivity index (χ1) is 7.09. The van der Waals surface area contributed by atoms with Crippen LogP contribution in [0, 0.1) is 6.92 Å². The van der Waals surface area contributed by atoms with Crippen molar-refractivity contribution in [3.05, 3.63) is 35.5 Å². The van der Waals surface area contributed by atoms with Crippen LogP contribution >= 0.6 is 12.6 Å². The summed E-state index contributed by atoms with van der Waals surface area (Å²) in [5.74, 6) is -0.101. The van der Waals surface area contributed by atoms with Gasteiger partial charge in [-0.25, -0.2) is 4.98 Å². The van der Waals surface area contributed by atoms with Gasteiger partial charge in [0.1, 0.15) is 5.52 Å². The number of hydrogen-bond donors (Lipinski definition) is 2. The molecular weight excluding hydrogens is 210 g/mol. The number of phenols is 1. The van der Waals surface area contributed by atoms with Crippen LogP contribution in [-0.4, -0.2) is 15.2 Å². The minimum atomic E-state index is -0.460. The molecule has 0 aliphatic heterocycles. The van der Waals surface area contributed by atoms with E-state index in [0.29, 0.717) is 5.52 Å². The number of aryl methyl sites for hydroxylation is 1. The van der Waals surface area contributed by atoms with E-state index >= 15 is 0 Å². The molecule has 0 unspecified atom stereocenters. The Kier molecular flexibility index (Phi) is 2.36. The molecule has 0 amide bonds. The van der Waals surface area contributed by atoms with Crippen molar-refractivity contribution in [3.8, 4) is 5.75 Å². The van der Waals surface area contributed by atoms with Crippen LogP contribution in [0.3, 0.4) is 0 Å². The highest BCUT2D eigenvalue weighted by Crippen LogP contribution is 2.28. The zero-order valence-electron chi connectivity index (χ0n) is 8.06. The summed E-state index contributed by atoms with van der Waals surface area (Å²) in [4.78, 5) is 15.3. The van der Waals surface area contributed by atoms with Gasteiger partial charge in [0.15, 0.2) is 5.75 Å². The minimum absolute atomic E-state index is 0.101. The largest absolute Gasteiger partial charge is 0.505 e. The number of carbonyl (C=O) groups is 1. The summed E-state index contributed by atoms with van der Waals surface area (Å²) in [6.07, 6.45) is 0. The van der Waals surface area contributed by atoms with E-state index in [1.54, 1.807) is 12.1 Å². The molecule has 3 nitrogen and oxygen atoms in total. The lowest BCUT2D eigenvalue weighted by Gasteiger charge is -2.04. The highest BCUT2D eigenvalue weighted by molar-refractivity contribution is 7.97. The lowest BCUT2D eigenvalue weighted by Crippen LogP contribution is -1.92. The maximum atomic E-state index is 11.1. The number of aromatic hydroxyl groups is 1. The van der Waals surface area contributed by atoms with E-state index in [1.807, 2.05) is 19.1 Å². The lowest BCUT2D eigenvalue weighted by atomic mass is 10.1. The Balaban J connectivity index is 2.82. The number of nitrogens with zero attached hydrogens (tertiary/aromatic N) is 1. The van der Waals surface area contributed by atoms with Gasteiger partial charge in [0.2, 0.25) is 5.12 Å². The van der Waals surface area contributed by atoms with Crippen molar-refractivity contribution in [2.45, 2.75) is 6.92 Å². The predicted octanol–water partition coefficient (Wildman–Crippen LogP) is 2.32. The van der Waals surface area contributed by atoms with Crippen LogP contribution in [0.2, 0.25) is 0 Å². The number of carbonyl (C=O) groups excluding carboxylic acids is 1. The molecule has 0 aliphatic carbocycles. The van der Waals surface area contributed by atoms with Gasteiger partial charge in [-0.3, -0.25) is 4.79 Å². The molecule has 0 spiro atoms. The van der Waals surface area contributed by atoms with Gasteiger partial charge in [-0.05, 0) is 19.1 Å². The molecule has 0 atom stereocenters. The standard InChI is InChI=1S/C11H9NO2S/c1-6-2-3-7-4-5-8(11(14)15)10(13)9(7)12-6/h2-5,13H,1H3,(H,14,15). The number of benzene rings is 1. The Bertz CT molecular complexity index is 552. The van der Waals surface area contributed by atoms with Gasteiger partial charge in [-0.1, -0.05) is 12.1 Å². The van der Waals surface area contributed by atoms with Crippen LogP contribution in [0.25, 0.3) is 10.9 Å². The molecular formula is C11H9NO2S. The van der Waals surface area contributed by atoms with E-state index in [1.165, 1.54) is 0 Å². The van der Waals surface area contributed by atoms with E-state index in [9.17, 15) is 9.90 Å². The second-order valence-corrected chi connectivity index (χ2v) is 3.70. The van der Waals surface area contributed by atoms with Crippen LogP contribution in [-0.2, 0) is 0 Å². The van der Waals surface area contributed by atoms with Crippen LogP contribution < -0.4 is 0 Å². The van der Waals surface area contributed by atoms with Crippen molar-refractivity contribution in [1.82, 2.24) is 4.98 Å². The maximum absolute atomic E-state index is 11.1. The molecule has 1 N–H and O–H groups in total. The summed E-state index contributed by atoms with van der Waals surface area (Å²) in [5, 5.41) is 10.2. The SMILES string of the molecule is Cc1ccc2ccc(C(=O)S)c(O)c2n1. The van der Waals surface area contributed by atoms with Crippen molar-refractivity contribution in [3.63, 3.8) is 0 Å². The molecule has 1 aromatic heterocycles. The lowest BCUT2D eigenvalue weighted by molar-refractivity contribution is 0.108. The van der Waals surface area contributed by atoms with Gasteiger partial charge >= 0.3 is 0 Å². The molecule has 2 aromatic rings. The molecule has 76 valence electrons. The Labute approximate surface area is 92.2 Å². The zero-order valence-corrected chi connectivity index (χ0v) is 8.95. The van der Waals surface area contributed by atoms with Gasteiger partial charge in [-0.2, -0.15) is 0 Å². The smallest absolute Gasteiger partial charge is 0.220 e. The molecule has 0 radical (unpaired) electrons. The summed E-state index contributed by atoms with van der Waals surface area (Å²) in [6.45, 7) is 1.83. The first-order valence-corrected chi connectivity index (χ1v) is 4.87. The third-order valence-electron chi connectivity index (χ3n) is 2.21. The van der Waals surface area contributed by atoms with Gasteiger partial charge in [-0.15, -0.1) is 12.6 Å². The molecule has 0 bridgehead atoms. The Morgan fingerprint density at radius 2 is 2.00 bits per heavy atom. The molecule has 0 fully saturated rings. The number of pyridine rings is 1. The molecule has 0 saturated carbocycles. The summed E-state index contributed by atoms with van der Waals surface area (Å²) >= 11 is 3.68. The Morgan fingerprint density at radius 1 is 1.33 bits per heavy atom. The van der Waals surface area contributed by atoms with Crippen LogP contribution in [0.1, 0.15) is 16.1 Å². The van der Waals surface area contributed by atoms with Crippen molar-refractivity contribution in [2.75, 3.05) is 0 Å². The molecule has 15 heavy (non-hydrogen) atoms. The fraction of sp³-hybridized carbons (Fsp3) is 0.0909. The van der Waals surface area contributed by atoms with E-state index in [4.69, 9.17) is 0 Å². The summed E-state index contributed by atoms with van der Waals surface area (Å²) in [5.41, 5.74) is 1.42. The third-order valence-corrected chi connectivity index (χ3v) is 2.45. The first kappa shape index (κ1) is 9.98. The Hall–Kier alpha value is -1.55. The van der Waals surface area contributed by atoms with Crippen molar-refractivity contribution in [1.29, 1.82) is 0 Å². The predicted molar refractivity (Wildman–Crippen MR) is 61.5 cm³/mol. The average molecular weight is 219 g/mol. The normalized spacial score (nSPS) is 10.5. The van der Waals surface area contributed by atoms with Gasteiger partial charge in [0.05, 0.1) is 5.56 Å². The van der Waals surface area contributed by atoms with E-state index in [2.05, 4.69) is 17.6 Å². The van der Waals surface area contributed by atoms with E-state index in [-0.39, 0.29) is 11.3 Å². The van der Waals surface area contributed by atoms with E-state index in [0.717, 1.165) is 11.1 Å². The van der Waals surface area contributed by atoms with Gasteiger partial charge < -0.3 is 5.11 Å². The number of phenolic OH excluding ortho intramolecular Hbond substituents is 1. The second-order valence-electron chi connectivity index (χ2n) is 3.29. The van der Waals surface area contributed by atoms with Crippen LogP contribution in [0.5, 0.6) is 5.75 Å². The monoisotopic (exact) mass is 219 g/mol. The summed E-state index contributed by atoms with van der Waals surface area (Å²) in [6, 6.07) is 6.99. The van der Waals surface area contributed by atoms with Crippen molar-refractivity contribution >= 4 is 28.6 Å². The Morgan fingerprint density at radius 3 is 2.67 bits per heavy atom.